The molecule has 0 spiro atoms. The predicted octanol–water partition coefficient (Wildman–Crippen LogP) is 5.02. The summed E-state index contributed by atoms with van der Waals surface area (Å²) in [6.45, 7) is 2.07. The van der Waals surface area contributed by atoms with E-state index in [0.717, 1.165) is 25.2 Å². The number of hydrogen-bond acceptors (Lipinski definition) is 5. The van der Waals surface area contributed by atoms with E-state index in [0.29, 0.717) is 35.1 Å². The number of ether oxygens (including phenoxy) is 1. The van der Waals surface area contributed by atoms with Gasteiger partial charge in [0.15, 0.2) is 0 Å². The largest absolute Gasteiger partial charge is 0.508 e. The van der Waals surface area contributed by atoms with Crippen LogP contribution >= 0.6 is 0 Å². The monoisotopic (exact) mass is 538 g/mol. The van der Waals surface area contributed by atoms with Gasteiger partial charge in [0.25, 0.3) is 5.91 Å². The molecule has 0 bridgehead atoms. The highest BCUT2D eigenvalue weighted by Crippen LogP contribution is 2.49. The number of amides is 3. The number of phenolic OH excluding ortho intramolecular Hbond substituents is 1. The van der Waals surface area contributed by atoms with Gasteiger partial charge < -0.3 is 19.7 Å². The van der Waals surface area contributed by atoms with Crippen molar-refractivity contribution >= 4 is 22.8 Å². The molecule has 2 aromatic carbocycles. The fourth-order valence-corrected chi connectivity index (χ4v) is 6.54. The number of hydrogen-bond donors (Lipinski definition) is 2. The number of aromatic nitrogens is 1. The Morgan fingerprint density at radius 3 is 2.64 bits per heavy atom. The molecular weight excluding hydrogens is 506 g/mol. The number of imide groups is 1. The number of nitrogens with zero attached hydrogens (tertiary/aromatic N) is 3. The molecule has 2 unspecified atom stereocenters. The second-order valence-corrected chi connectivity index (χ2v) is 10.9. The summed E-state index contributed by atoms with van der Waals surface area (Å²) < 4.78 is 30.5. The molecule has 3 aromatic rings. The molecule has 8 nitrogen and oxygen atoms in total. The molecule has 206 valence electrons. The van der Waals surface area contributed by atoms with E-state index in [2.05, 4.69) is 14.6 Å². The Morgan fingerprint density at radius 2 is 1.90 bits per heavy atom. The van der Waals surface area contributed by atoms with Crippen molar-refractivity contribution < 1.29 is 28.2 Å². The smallest absolute Gasteiger partial charge is 0.387 e. The number of likely N-dealkylation sites (tertiary alicyclic amines) is 1. The highest BCUT2D eigenvalue weighted by molar-refractivity contribution is 6.08. The molecule has 1 aromatic heterocycles. The number of piperidine rings is 1. The van der Waals surface area contributed by atoms with Crippen molar-refractivity contribution in [3.63, 3.8) is 0 Å². The number of aromatic amines is 1. The first-order valence-corrected chi connectivity index (χ1v) is 13.5. The van der Waals surface area contributed by atoms with Crippen molar-refractivity contribution in [3.05, 3.63) is 59.3 Å². The summed E-state index contributed by atoms with van der Waals surface area (Å²) in [7, 11) is 0. The molecule has 0 saturated carbocycles. The number of fused-ring (bicyclic) bond motifs is 4. The fourth-order valence-electron chi connectivity index (χ4n) is 6.54. The van der Waals surface area contributed by atoms with Gasteiger partial charge in [-0.1, -0.05) is 18.6 Å². The van der Waals surface area contributed by atoms with E-state index in [1.165, 1.54) is 30.2 Å². The van der Waals surface area contributed by atoms with Crippen LogP contribution in [-0.4, -0.2) is 75.1 Å². The number of aromatic hydroxyl groups is 1. The zero-order valence-corrected chi connectivity index (χ0v) is 21.8. The van der Waals surface area contributed by atoms with Crippen LogP contribution in [-0.2, 0) is 11.2 Å². The predicted molar refractivity (Wildman–Crippen MR) is 141 cm³/mol. The molecule has 6 rings (SSSR count). The zero-order valence-electron chi connectivity index (χ0n) is 21.8. The number of rotatable bonds is 7. The fraction of sp³-hybridized carbons (Fsp3) is 0.448. The molecule has 0 aliphatic carbocycles. The Kier molecular flexibility index (Phi) is 6.45. The molecule has 10 heteroatoms. The number of halogens is 2. The number of benzene rings is 2. The molecule has 3 aliphatic heterocycles. The normalized spacial score (nSPS) is 23.5. The van der Waals surface area contributed by atoms with E-state index >= 15 is 0 Å². The van der Waals surface area contributed by atoms with Crippen LogP contribution in [0.15, 0.2) is 42.5 Å². The minimum Gasteiger partial charge on any atom is -0.508 e. The number of carbonyl (C=O) groups is 2. The Labute approximate surface area is 225 Å². The van der Waals surface area contributed by atoms with E-state index in [1.807, 2.05) is 6.07 Å². The molecule has 2 atom stereocenters. The first kappa shape index (κ1) is 25.6. The number of carbonyl (C=O) groups excluding carboxylic acids is 2. The van der Waals surface area contributed by atoms with Crippen molar-refractivity contribution in [2.45, 2.75) is 57.2 Å². The van der Waals surface area contributed by atoms with Crippen LogP contribution in [0.5, 0.6) is 11.5 Å². The third-order valence-corrected chi connectivity index (χ3v) is 8.35. The van der Waals surface area contributed by atoms with Gasteiger partial charge in [0.05, 0.1) is 0 Å². The third kappa shape index (κ3) is 4.40. The van der Waals surface area contributed by atoms with E-state index in [4.69, 9.17) is 0 Å². The van der Waals surface area contributed by atoms with Crippen molar-refractivity contribution in [3.8, 4) is 11.5 Å². The second-order valence-electron chi connectivity index (χ2n) is 10.9. The van der Waals surface area contributed by atoms with Gasteiger partial charge in [-0.25, -0.2) is 4.79 Å². The standard InChI is InChI=1S/C29H32F2N4O4/c1-29-17-22-21-16-20(39-27(30)31)9-10-23(21)32-24(22)25(18-7-5-8-19(36)15-18)35(29)28(38)34(26(29)37)14-6-13-33-11-3-2-4-12-33/h5,7-10,15-16,25,27,32,36H,2-4,6,11-14,17H2,1H3. The van der Waals surface area contributed by atoms with Crippen LogP contribution in [0.25, 0.3) is 10.9 Å². The number of urea groups is 1. The van der Waals surface area contributed by atoms with Crippen molar-refractivity contribution in [1.29, 1.82) is 0 Å². The average Bonchev–Trinajstić information content (AvgIpc) is 3.35. The van der Waals surface area contributed by atoms with Gasteiger partial charge in [-0.05, 0) is 87.3 Å². The maximum Gasteiger partial charge on any atom is 0.387 e. The molecule has 0 radical (unpaired) electrons. The Morgan fingerprint density at radius 1 is 1.10 bits per heavy atom. The van der Waals surface area contributed by atoms with Crippen LogP contribution in [0.4, 0.5) is 13.6 Å². The third-order valence-electron chi connectivity index (χ3n) is 8.35. The maximum absolute atomic E-state index is 13.9. The quantitative estimate of drug-likeness (QED) is 0.413. The van der Waals surface area contributed by atoms with Crippen molar-refractivity contribution in [1.82, 2.24) is 19.7 Å². The van der Waals surface area contributed by atoms with Crippen LogP contribution in [0.1, 0.15) is 55.5 Å². The Balaban J connectivity index is 1.39. The van der Waals surface area contributed by atoms with Crippen LogP contribution in [0, 0.1) is 0 Å². The maximum atomic E-state index is 13.9. The van der Waals surface area contributed by atoms with Crippen LogP contribution in [0.2, 0.25) is 0 Å². The molecule has 2 fully saturated rings. The summed E-state index contributed by atoms with van der Waals surface area (Å²) in [5, 5.41) is 10.9. The lowest BCUT2D eigenvalue weighted by molar-refractivity contribution is -0.133. The molecular formula is C29H32F2N4O4. The molecule has 2 saturated heterocycles. The van der Waals surface area contributed by atoms with Crippen molar-refractivity contribution in [2.24, 2.45) is 0 Å². The van der Waals surface area contributed by atoms with E-state index < -0.39 is 18.2 Å². The average molecular weight is 539 g/mol. The summed E-state index contributed by atoms with van der Waals surface area (Å²) in [6.07, 6.45) is 4.52. The first-order chi connectivity index (χ1) is 18.8. The van der Waals surface area contributed by atoms with E-state index in [-0.39, 0.29) is 29.9 Å². The van der Waals surface area contributed by atoms with Gasteiger partial charge in [-0.15, -0.1) is 0 Å². The summed E-state index contributed by atoms with van der Waals surface area (Å²) in [6, 6.07) is 10.3. The second kappa shape index (κ2) is 9.82. The highest BCUT2D eigenvalue weighted by atomic mass is 19.3. The summed E-state index contributed by atoms with van der Waals surface area (Å²) in [4.78, 5) is 36.6. The van der Waals surface area contributed by atoms with E-state index in [1.54, 1.807) is 42.2 Å². The number of nitrogens with one attached hydrogen (secondary N) is 1. The SMILES string of the molecule is CC12Cc3c([nH]c4ccc(OC(F)F)cc34)C(c3cccc(O)c3)N1C(=O)N(CCCN1CCCCC1)C2=O. The molecule has 4 heterocycles. The van der Waals surface area contributed by atoms with Gasteiger partial charge >= 0.3 is 12.6 Å². The minimum absolute atomic E-state index is 0.0222. The lowest BCUT2D eigenvalue weighted by Gasteiger charge is -2.42. The lowest BCUT2D eigenvalue weighted by atomic mass is 9.81. The molecule has 39 heavy (non-hydrogen) atoms. The van der Waals surface area contributed by atoms with Crippen LogP contribution in [0.3, 0.4) is 0 Å². The summed E-state index contributed by atoms with van der Waals surface area (Å²) in [5.74, 6) is -0.202. The zero-order chi connectivity index (χ0) is 27.3. The number of alkyl halides is 2. The molecule has 3 aliphatic rings. The Bertz CT molecular complexity index is 1420. The number of H-pyrrole nitrogens is 1. The Hall–Kier alpha value is -3.66. The highest BCUT2D eigenvalue weighted by Gasteiger charge is 2.60. The van der Waals surface area contributed by atoms with Crippen molar-refractivity contribution in [2.75, 3.05) is 26.2 Å². The van der Waals surface area contributed by atoms with Crippen LogP contribution < -0.4 is 4.74 Å². The summed E-state index contributed by atoms with van der Waals surface area (Å²) >= 11 is 0. The molecule has 3 amide bonds. The van der Waals surface area contributed by atoms with Gasteiger partial charge in [-0.3, -0.25) is 14.6 Å². The van der Waals surface area contributed by atoms with Gasteiger partial charge in [0.1, 0.15) is 23.1 Å². The first-order valence-electron chi connectivity index (χ1n) is 13.5. The number of phenols is 1. The summed E-state index contributed by atoms with van der Waals surface area (Å²) in [5.41, 5.74) is 1.62. The van der Waals surface area contributed by atoms with E-state index in [9.17, 15) is 23.5 Å². The lowest BCUT2D eigenvalue weighted by Crippen LogP contribution is -2.53. The minimum atomic E-state index is -2.96. The van der Waals surface area contributed by atoms with Gasteiger partial charge in [0.2, 0.25) is 0 Å². The molecule has 2 N–H and O–H groups in total. The topological polar surface area (TPSA) is 89.1 Å². The van der Waals surface area contributed by atoms with Gasteiger partial charge in [-0.2, -0.15) is 8.78 Å². The van der Waals surface area contributed by atoms with Gasteiger partial charge in [0, 0.05) is 29.6 Å².